The van der Waals surface area contributed by atoms with Gasteiger partial charge in [-0.2, -0.15) is 18.3 Å². The Morgan fingerprint density at radius 1 is 1.19 bits per heavy atom. The standard InChI is InChI=1S/C17H13F3N2O3S/c1-22-13(14-8-5-9-23-14)10-12(21-22)15(17(18,19)20)25-16(26)24-11-6-3-2-4-7-11/h2-10,15H,1H3. The van der Waals surface area contributed by atoms with E-state index in [0.717, 1.165) is 0 Å². The van der Waals surface area contributed by atoms with Crippen molar-refractivity contribution >= 4 is 17.5 Å². The topological polar surface area (TPSA) is 49.4 Å². The highest BCUT2D eigenvalue weighted by atomic mass is 32.1. The molecule has 136 valence electrons. The van der Waals surface area contributed by atoms with Crippen LogP contribution in [0.3, 0.4) is 0 Å². The number of hydrogen-bond acceptors (Lipinski definition) is 5. The van der Waals surface area contributed by atoms with Crippen LogP contribution in [0.5, 0.6) is 5.75 Å². The largest absolute Gasteiger partial charge is 0.463 e. The van der Waals surface area contributed by atoms with E-state index < -0.39 is 17.5 Å². The molecule has 3 rings (SSSR count). The summed E-state index contributed by atoms with van der Waals surface area (Å²) in [6.07, 6.45) is -5.69. The Morgan fingerprint density at radius 3 is 2.54 bits per heavy atom. The molecule has 0 fully saturated rings. The summed E-state index contributed by atoms with van der Waals surface area (Å²) in [6, 6.07) is 12.6. The molecule has 0 bridgehead atoms. The molecule has 0 N–H and O–H groups in total. The summed E-state index contributed by atoms with van der Waals surface area (Å²) in [7, 11) is 1.51. The molecule has 0 aliphatic rings. The second-order valence-electron chi connectivity index (χ2n) is 5.26. The molecule has 1 atom stereocenters. The summed E-state index contributed by atoms with van der Waals surface area (Å²) < 4.78 is 56.9. The molecule has 2 heterocycles. The Hall–Kier alpha value is -2.81. The third-order valence-corrected chi connectivity index (χ3v) is 3.58. The fourth-order valence-corrected chi connectivity index (χ4v) is 2.46. The van der Waals surface area contributed by atoms with Gasteiger partial charge >= 0.3 is 11.4 Å². The first kappa shape index (κ1) is 18.0. The number of furan rings is 1. The maximum absolute atomic E-state index is 13.5. The molecule has 0 saturated carbocycles. The molecule has 5 nitrogen and oxygen atoms in total. The number of aromatic nitrogens is 2. The molecule has 9 heteroatoms. The fraction of sp³-hybridized carbons (Fsp3) is 0.176. The average Bonchev–Trinajstić information content (AvgIpc) is 3.22. The Morgan fingerprint density at radius 2 is 1.92 bits per heavy atom. The number of para-hydroxylation sites is 1. The van der Waals surface area contributed by atoms with Crippen LogP contribution in [0.2, 0.25) is 0 Å². The highest BCUT2D eigenvalue weighted by molar-refractivity contribution is 7.79. The molecule has 26 heavy (non-hydrogen) atoms. The van der Waals surface area contributed by atoms with Crippen LogP contribution in [-0.4, -0.2) is 21.2 Å². The van der Waals surface area contributed by atoms with Crippen LogP contribution in [0.25, 0.3) is 11.5 Å². The van der Waals surface area contributed by atoms with Crippen molar-refractivity contribution in [3.8, 4) is 17.2 Å². The predicted molar refractivity (Wildman–Crippen MR) is 90.5 cm³/mol. The molecule has 0 aliphatic heterocycles. The summed E-state index contributed by atoms with van der Waals surface area (Å²) in [4.78, 5) is 0. The van der Waals surface area contributed by atoms with Gasteiger partial charge in [0.15, 0.2) is 5.76 Å². The van der Waals surface area contributed by atoms with Gasteiger partial charge in [-0.25, -0.2) is 0 Å². The molecular weight excluding hydrogens is 369 g/mol. The van der Waals surface area contributed by atoms with E-state index in [-0.39, 0.29) is 11.4 Å². The molecule has 0 radical (unpaired) electrons. The van der Waals surface area contributed by atoms with Crippen molar-refractivity contribution in [1.82, 2.24) is 9.78 Å². The van der Waals surface area contributed by atoms with E-state index in [4.69, 9.17) is 26.1 Å². The highest BCUT2D eigenvalue weighted by Crippen LogP contribution is 2.37. The van der Waals surface area contributed by atoms with Gasteiger partial charge in [-0.05, 0) is 30.3 Å². The first-order valence-electron chi connectivity index (χ1n) is 7.42. The summed E-state index contributed by atoms with van der Waals surface area (Å²) in [5.41, 5.74) is 0.0168. The van der Waals surface area contributed by atoms with E-state index in [0.29, 0.717) is 11.5 Å². The van der Waals surface area contributed by atoms with Crippen LogP contribution in [0.4, 0.5) is 13.2 Å². The predicted octanol–water partition coefficient (Wildman–Crippen LogP) is 4.66. The lowest BCUT2D eigenvalue weighted by atomic mass is 10.2. The van der Waals surface area contributed by atoms with Gasteiger partial charge in [-0.3, -0.25) is 4.68 Å². The van der Waals surface area contributed by atoms with Gasteiger partial charge in [0, 0.05) is 19.3 Å². The quantitative estimate of drug-likeness (QED) is 0.614. The summed E-state index contributed by atoms with van der Waals surface area (Å²) >= 11 is 4.80. The zero-order valence-corrected chi connectivity index (χ0v) is 14.3. The molecule has 2 aromatic heterocycles. The Kier molecular flexibility index (Phi) is 4.99. The molecule has 0 amide bonds. The van der Waals surface area contributed by atoms with Crippen LogP contribution >= 0.6 is 12.2 Å². The van der Waals surface area contributed by atoms with E-state index in [1.165, 1.54) is 24.1 Å². The smallest absolute Gasteiger partial charge is 0.431 e. The number of halogens is 3. The van der Waals surface area contributed by atoms with Crippen molar-refractivity contribution in [2.24, 2.45) is 7.05 Å². The van der Waals surface area contributed by atoms with Gasteiger partial charge < -0.3 is 13.9 Å². The second kappa shape index (κ2) is 7.20. The SMILES string of the molecule is Cn1nc(C(OC(=S)Oc2ccccc2)C(F)(F)F)cc1-c1ccco1. The van der Waals surface area contributed by atoms with Crippen molar-refractivity contribution < 1.29 is 27.1 Å². The van der Waals surface area contributed by atoms with Crippen molar-refractivity contribution in [3.05, 3.63) is 60.5 Å². The third-order valence-electron chi connectivity index (χ3n) is 3.40. The minimum atomic E-state index is -4.74. The van der Waals surface area contributed by atoms with Crippen LogP contribution in [-0.2, 0) is 11.8 Å². The van der Waals surface area contributed by atoms with E-state index in [9.17, 15) is 13.2 Å². The van der Waals surface area contributed by atoms with Gasteiger partial charge in [-0.15, -0.1) is 0 Å². The molecular formula is C17H13F3N2O3S. The van der Waals surface area contributed by atoms with Gasteiger partial charge in [0.2, 0.25) is 6.10 Å². The van der Waals surface area contributed by atoms with Gasteiger partial charge in [0.1, 0.15) is 17.1 Å². The van der Waals surface area contributed by atoms with Crippen LogP contribution < -0.4 is 4.74 Å². The molecule has 0 aliphatic carbocycles. The number of thiocarbonyl (C=S) groups is 1. The first-order chi connectivity index (χ1) is 12.3. The van der Waals surface area contributed by atoms with Crippen LogP contribution in [0.15, 0.2) is 59.2 Å². The number of aryl methyl sites for hydroxylation is 1. The Balaban J connectivity index is 1.83. The normalized spacial score (nSPS) is 12.6. The average molecular weight is 382 g/mol. The number of benzene rings is 1. The minimum absolute atomic E-state index is 0.274. The summed E-state index contributed by atoms with van der Waals surface area (Å²) in [5.74, 6) is 0.658. The van der Waals surface area contributed by atoms with Crippen LogP contribution in [0, 0.1) is 0 Å². The fourth-order valence-electron chi connectivity index (χ4n) is 2.27. The molecule has 3 aromatic rings. The maximum Gasteiger partial charge on any atom is 0.431 e. The van der Waals surface area contributed by atoms with E-state index in [1.54, 1.807) is 42.5 Å². The van der Waals surface area contributed by atoms with Crippen LogP contribution in [0.1, 0.15) is 11.8 Å². The second-order valence-corrected chi connectivity index (χ2v) is 5.59. The lowest BCUT2D eigenvalue weighted by Crippen LogP contribution is -2.28. The van der Waals surface area contributed by atoms with Crippen molar-refractivity contribution in [2.75, 3.05) is 0 Å². The third kappa shape index (κ3) is 4.05. The lowest BCUT2D eigenvalue weighted by molar-refractivity contribution is -0.205. The Bertz CT molecular complexity index is 877. The number of ether oxygens (including phenoxy) is 2. The van der Waals surface area contributed by atoms with E-state index in [2.05, 4.69) is 5.10 Å². The Labute approximate surface area is 151 Å². The zero-order chi connectivity index (χ0) is 18.7. The van der Waals surface area contributed by atoms with Gasteiger partial charge in [-0.1, -0.05) is 18.2 Å². The number of alkyl halides is 3. The minimum Gasteiger partial charge on any atom is -0.463 e. The monoisotopic (exact) mass is 382 g/mol. The van der Waals surface area contributed by atoms with Crippen molar-refractivity contribution in [2.45, 2.75) is 12.3 Å². The first-order valence-corrected chi connectivity index (χ1v) is 7.83. The highest BCUT2D eigenvalue weighted by Gasteiger charge is 2.46. The molecule has 0 spiro atoms. The van der Waals surface area contributed by atoms with Crippen molar-refractivity contribution in [1.29, 1.82) is 0 Å². The zero-order valence-electron chi connectivity index (χ0n) is 13.4. The van der Waals surface area contributed by atoms with Gasteiger partial charge in [0.25, 0.3) is 0 Å². The summed E-state index contributed by atoms with van der Waals surface area (Å²) in [5, 5.41) is 3.24. The molecule has 0 saturated heterocycles. The number of nitrogens with zero attached hydrogens (tertiary/aromatic N) is 2. The van der Waals surface area contributed by atoms with Gasteiger partial charge in [0.05, 0.1) is 6.26 Å². The summed E-state index contributed by atoms with van der Waals surface area (Å²) in [6.45, 7) is 0. The van der Waals surface area contributed by atoms with E-state index in [1.807, 2.05) is 0 Å². The molecule has 1 aromatic carbocycles. The maximum atomic E-state index is 13.5. The number of hydrogen-bond donors (Lipinski definition) is 0. The van der Waals surface area contributed by atoms with E-state index >= 15 is 0 Å². The molecule has 1 unspecified atom stereocenters. The lowest BCUT2D eigenvalue weighted by Gasteiger charge is -2.20. The number of rotatable bonds is 4. The van der Waals surface area contributed by atoms with Crippen molar-refractivity contribution in [3.63, 3.8) is 0 Å².